The third-order valence-electron chi connectivity index (χ3n) is 3.75. The molecule has 0 saturated carbocycles. The predicted octanol–water partition coefficient (Wildman–Crippen LogP) is 4.00. The van der Waals surface area contributed by atoms with Crippen LogP contribution in [0.15, 0.2) is 65.1 Å². The van der Waals surface area contributed by atoms with E-state index in [0.29, 0.717) is 29.7 Å². The molecule has 0 bridgehead atoms. The van der Waals surface area contributed by atoms with E-state index in [-0.39, 0.29) is 11.7 Å². The third kappa shape index (κ3) is 3.43. The average Bonchev–Trinajstić information content (AvgIpc) is 3.10. The number of aldehydes is 1. The van der Waals surface area contributed by atoms with Crippen molar-refractivity contribution in [1.29, 1.82) is 0 Å². The summed E-state index contributed by atoms with van der Waals surface area (Å²) >= 11 is 0. The van der Waals surface area contributed by atoms with Gasteiger partial charge in [-0.1, -0.05) is 48.0 Å². The van der Waals surface area contributed by atoms with Crippen LogP contribution in [0.4, 0.5) is 0 Å². The van der Waals surface area contributed by atoms with Crippen LogP contribution >= 0.6 is 0 Å². The summed E-state index contributed by atoms with van der Waals surface area (Å²) < 4.78 is 5.44. The van der Waals surface area contributed by atoms with Crippen molar-refractivity contribution >= 4 is 12.2 Å². The molecule has 3 aromatic rings. The summed E-state index contributed by atoms with van der Waals surface area (Å²) in [5, 5.41) is 2.92. The molecule has 24 heavy (non-hydrogen) atoms. The fourth-order valence-corrected chi connectivity index (χ4v) is 2.44. The number of nitrogens with one attached hydrogen (secondary N) is 1. The lowest BCUT2D eigenvalue weighted by Crippen LogP contribution is -2.23. The summed E-state index contributed by atoms with van der Waals surface area (Å²) in [6.45, 7) is 2.47. The Bertz CT molecular complexity index is 863. The minimum Gasteiger partial charge on any atom is -0.453 e. The van der Waals surface area contributed by atoms with Gasteiger partial charge in [0, 0.05) is 12.1 Å². The van der Waals surface area contributed by atoms with E-state index in [1.807, 2.05) is 37.3 Å². The minimum absolute atomic E-state index is 0.185. The van der Waals surface area contributed by atoms with Crippen LogP contribution < -0.4 is 5.32 Å². The van der Waals surface area contributed by atoms with Crippen LogP contribution in [0.5, 0.6) is 0 Å². The number of carbonyl (C=O) groups excluding carboxylic acids is 2. The van der Waals surface area contributed by atoms with E-state index in [2.05, 4.69) is 5.32 Å². The first-order valence-electron chi connectivity index (χ1n) is 7.65. The zero-order valence-electron chi connectivity index (χ0n) is 13.3. The molecule has 0 radical (unpaired) electrons. The van der Waals surface area contributed by atoms with Gasteiger partial charge in [0.15, 0.2) is 12.0 Å². The van der Waals surface area contributed by atoms with Crippen molar-refractivity contribution in [1.82, 2.24) is 5.32 Å². The van der Waals surface area contributed by atoms with Gasteiger partial charge in [-0.25, -0.2) is 0 Å². The molecule has 0 saturated heterocycles. The number of rotatable bonds is 5. The van der Waals surface area contributed by atoms with Crippen molar-refractivity contribution in [2.24, 2.45) is 0 Å². The fourth-order valence-electron chi connectivity index (χ4n) is 2.44. The molecule has 1 N–H and O–H groups in total. The van der Waals surface area contributed by atoms with Gasteiger partial charge >= 0.3 is 0 Å². The molecule has 4 heteroatoms. The van der Waals surface area contributed by atoms with E-state index < -0.39 is 0 Å². The van der Waals surface area contributed by atoms with Crippen LogP contribution in [0.3, 0.4) is 0 Å². The van der Waals surface area contributed by atoms with Crippen molar-refractivity contribution in [3.05, 3.63) is 83.1 Å². The highest BCUT2D eigenvalue weighted by molar-refractivity contribution is 6.00. The van der Waals surface area contributed by atoms with Crippen LogP contribution in [-0.2, 0) is 6.54 Å². The van der Waals surface area contributed by atoms with Crippen LogP contribution in [0.25, 0.3) is 11.3 Å². The second-order valence-corrected chi connectivity index (χ2v) is 5.53. The second kappa shape index (κ2) is 6.96. The van der Waals surface area contributed by atoms with E-state index >= 15 is 0 Å². The van der Waals surface area contributed by atoms with Gasteiger partial charge in [0.2, 0.25) is 0 Å². The van der Waals surface area contributed by atoms with Gasteiger partial charge in [-0.05, 0) is 30.7 Å². The summed E-state index contributed by atoms with van der Waals surface area (Å²) in [7, 11) is 0. The first kappa shape index (κ1) is 15.7. The highest BCUT2D eigenvalue weighted by Crippen LogP contribution is 2.25. The third-order valence-corrected chi connectivity index (χ3v) is 3.75. The number of benzene rings is 2. The number of amides is 1. The Balaban J connectivity index is 1.79. The van der Waals surface area contributed by atoms with Crippen LogP contribution in [0.1, 0.15) is 32.0 Å². The molecule has 0 aliphatic rings. The minimum atomic E-state index is -0.185. The molecule has 1 amide bonds. The molecule has 1 aromatic heterocycles. The van der Waals surface area contributed by atoms with Crippen LogP contribution in [0.2, 0.25) is 0 Å². The number of carbonyl (C=O) groups is 2. The maximum absolute atomic E-state index is 12.5. The number of hydrogen-bond acceptors (Lipinski definition) is 3. The summed E-state index contributed by atoms with van der Waals surface area (Å²) in [4.78, 5) is 23.3. The fraction of sp³-hybridized carbons (Fsp3) is 0.100. The summed E-state index contributed by atoms with van der Waals surface area (Å²) in [5.74, 6) is 0.549. The molecule has 0 aliphatic heterocycles. The van der Waals surface area contributed by atoms with Crippen molar-refractivity contribution in [2.75, 3.05) is 0 Å². The molecule has 0 unspecified atom stereocenters. The predicted molar refractivity (Wildman–Crippen MR) is 91.9 cm³/mol. The Morgan fingerprint density at radius 2 is 1.79 bits per heavy atom. The lowest BCUT2D eigenvalue weighted by Gasteiger charge is -2.09. The van der Waals surface area contributed by atoms with E-state index in [0.717, 1.165) is 5.56 Å². The van der Waals surface area contributed by atoms with Crippen molar-refractivity contribution in [3.63, 3.8) is 0 Å². The molecule has 3 rings (SSSR count). The molecule has 0 aliphatic carbocycles. The zero-order valence-corrected chi connectivity index (χ0v) is 13.3. The summed E-state index contributed by atoms with van der Waals surface area (Å²) in [6.07, 6.45) is 0.642. The molecule has 4 nitrogen and oxygen atoms in total. The SMILES string of the molecule is Cc1ccc(CNC(=O)c2ccccc2-c2ccc(C=O)o2)cc1. The zero-order chi connectivity index (χ0) is 16.9. The van der Waals surface area contributed by atoms with Gasteiger partial charge in [0.25, 0.3) is 5.91 Å². The van der Waals surface area contributed by atoms with Crippen LogP contribution in [0, 0.1) is 6.92 Å². The molecule has 1 heterocycles. The van der Waals surface area contributed by atoms with Gasteiger partial charge < -0.3 is 9.73 Å². The lowest BCUT2D eigenvalue weighted by molar-refractivity contribution is 0.0951. The molecular weight excluding hydrogens is 302 g/mol. The Morgan fingerprint density at radius 1 is 1.04 bits per heavy atom. The largest absolute Gasteiger partial charge is 0.453 e. The van der Waals surface area contributed by atoms with Crippen molar-refractivity contribution in [3.8, 4) is 11.3 Å². The quantitative estimate of drug-likeness (QED) is 0.723. The molecule has 120 valence electrons. The van der Waals surface area contributed by atoms with E-state index in [9.17, 15) is 9.59 Å². The van der Waals surface area contributed by atoms with Crippen molar-refractivity contribution < 1.29 is 14.0 Å². The topological polar surface area (TPSA) is 59.3 Å². The maximum Gasteiger partial charge on any atom is 0.252 e. The number of aryl methyl sites for hydroxylation is 1. The Kier molecular flexibility index (Phi) is 4.57. The molecule has 2 aromatic carbocycles. The monoisotopic (exact) mass is 319 g/mol. The van der Waals surface area contributed by atoms with Crippen molar-refractivity contribution in [2.45, 2.75) is 13.5 Å². The highest BCUT2D eigenvalue weighted by Gasteiger charge is 2.14. The summed E-state index contributed by atoms with van der Waals surface area (Å²) in [6, 6.07) is 18.5. The Labute approximate surface area is 140 Å². The second-order valence-electron chi connectivity index (χ2n) is 5.53. The van der Waals surface area contributed by atoms with Gasteiger partial charge in [-0.15, -0.1) is 0 Å². The number of furan rings is 1. The lowest BCUT2D eigenvalue weighted by atomic mass is 10.0. The smallest absolute Gasteiger partial charge is 0.252 e. The van der Waals surface area contributed by atoms with Gasteiger partial charge in [0.05, 0.1) is 5.56 Å². The van der Waals surface area contributed by atoms with E-state index in [1.165, 1.54) is 5.56 Å². The Hall–Kier alpha value is -3.14. The van der Waals surface area contributed by atoms with Gasteiger partial charge in [0.1, 0.15) is 5.76 Å². The highest BCUT2D eigenvalue weighted by atomic mass is 16.3. The van der Waals surface area contributed by atoms with Gasteiger partial charge in [-0.3, -0.25) is 9.59 Å². The molecule has 0 spiro atoms. The van der Waals surface area contributed by atoms with Gasteiger partial charge in [-0.2, -0.15) is 0 Å². The first-order valence-corrected chi connectivity index (χ1v) is 7.65. The average molecular weight is 319 g/mol. The maximum atomic E-state index is 12.5. The normalized spacial score (nSPS) is 10.4. The van der Waals surface area contributed by atoms with Crippen LogP contribution in [-0.4, -0.2) is 12.2 Å². The Morgan fingerprint density at radius 3 is 2.50 bits per heavy atom. The number of hydrogen-bond donors (Lipinski definition) is 1. The van der Waals surface area contributed by atoms with E-state index in [4.69, 9.17) is 4.42 Å². The standard InChI is InChI=1S/C20H17NO3/c1-14-6-8-15(9-7-14)12-21-20(23)18-5-3-2-4-17(18)19-11-10-16(13-22)24-19/h2-11,13H,12H2,1H3,(H,21,23). The van der Waals surface area contributed by atoms with E-state index in [1.54, 1.807) is 30.3 Å². The molecule has 0 atom stereocenters. The summed E-state index contributed by atoms with van der Waals surface area (Å²) in [5.41, 5.74) is 3.38. The first-order chi connectivity index (χ1) is 11.7. The molecular formula is C20H17NO3. The molecule has 0 fully saturated rings.